The summed E-state index contributed by atoms with van der Waals surface area (Å²) in [6, 6.07) is 9.81. The molecule has 2 aromatic rings. The molecule has 6 nitrogen and oxygen atoms in total. The summed E-state index contributed by atoms with van der Waals surface area (Å²) >= 11 is 1.54. The second-order valence-electron chi connectivity index (χ2n) is 7.88. The second-order valence-corrected chi connectivity index (χ2v) is 8.83. The fourth-order valence-electron chi connectivity index (χ4n) is 3.94. The van der Waals surface area contributed by atoms with Gasteiger partial charge in [-0.15, -0.1) is 11.3 Å². The number of methoxy groups -OCH3 is 1. The Morgan fingerprint density at radius 2 is 2.06 bits per heavy atom. The van der Waals surface area contributed by atoms with Crippen LogP contribution in [-0.4, -0.2) is 54.2 Å². The minimum absolute atomic E-state index is 0.0132. The first-order valence-corrected chi connectivity index (χ1v) is 11.4. The summed E-state index contributed by atoms with van der Waals surface area (Å²) in [6.45, 7) is 0.605. The molecule has 0 bridgehead atoms. The summed E-state index contributed by atoms with van der Waals surface area (Å²) in [5, 5.41) is 7.89. The Hall–Kier alpha value is -2.58. The first-order chi connectivity index (χ1) is 15.1. The third-order valence-corrected chi connectivity index (χ3v) is 6.81. The Kier molecular flexibility index (Phi) is 6.77. The molecule has 2 aliphatic rings. The molecule has 164 valence electrons. The van der Waals surface area contributed by atoms with Crippen LogP contribution in [0.4, 0.5) is 4.39 Å². The SMILES string of the molecule is COCCN(CC(=O)N1N=C(c2cccs2)C[C@@H]1c1ccccc1F)C(=O)C1CCC1. The molecule has 0 spiro atoms. The molecule has 0 unspecified atom stereocenters. The standard InChI is InChI=1S/C23H26FN3O3S/c1-30-12-11-26(23(29)16-6-4-7-16)15-22(28)27-20(17-8-2-3-9-18(17)24)14-19(25-27)21-10-5-13-31-21/h2-3,5,8-10,13,16,20H,4,6-7,11-12,14-15H2,1H3/t20-/m1/s1. The molecular formula is C23H26FN3O3S. The van der Waals surface area contributed by atoms with Crippen LogP contribution in [0.5, 0.6) is 0 Å². The van der Waals surface area contributed by atoms with Gasteiger partial charge in [0.1, 0.15) is 12.4 Å². The fourth-order valence-corrected chi connectivity index (χ4v) is 4.66. The summed E-state index contributed by atoms with van der Waals surface area (Å²) < 4.78 is 19.7. The highest BCUT2D eigenvalue weighted by molar-refractivity contribution is 7.12. The van der Waals surface area contributed by atoms with Gasteiger partial charge in [0.15, 0.2) is 0 Å². The number of ether oxygens (including phenoxy) is 1. The summed E-state index contributed by atoms with van der Waals surface area (Å²) in [5.41, 5.74) is 1.19. The van der Waals surface area contributed by atoms with E-state index >= 15 is 0 Å². The highest BCUT2D eigenvalue weighted by Crippen LogP contribution is 2.35. The average molecular weight is 444 g/mol. The molecule has 2 heterocycles. The molecule has 0 N–H and O–H groups in total. The molecule has 1 aromatic carbocycles. The number of nitrogens with zero attached hydrogens (tertiary/aromatic N) is 3. The molecule has 1 fully saturated rings. The monoisotopic (exact) mass is 443 g/mol. The molecule has 1 aliphatic carbocycles. The Morgan fingerprint density at radius 3 is 2.71 bits per heavy atom. The van der Waals surface area contributed by atoms with E-state index in [1.807, 2.05) is 17.5 Å². The van der Waals surface area contributed by atoms with Crippen molar-refractivity contribution in [2.75, 3.05) is 26.8 Å². The van der Waals surface area contributed by atoms with Crippen LogP contribution in [0, 0.1) is 11.7 Å². The minimum atomic E-state index is -0.533. The topological polar surface area (TPSA) is 62.2 Å². The van der Waals surface area contributed by atoms with Crippen molar-refractivity contribution in [1.82, 2.24) is 9.91 Å². The van der Waals surface area contributed by atoms with Crippen molar-refractivity contribution >= 4 is 28.9 Å². The van der Waals surface area contributed by atoms with E-state index in [0.29, 0.717) is 25.1 Å². The fraction of sp³-hybridized carbons (Fsp3) is 0.435. The van der Waals surface area contributed by atoms with Gasteiger partial charge in [0, 0.05) is 31.6 Å². The van der Waals surface area contributed by atoms with Crippen molar-refractivity contribution in [2.24, 2.45) is 11.0 Å². The van der Waals surface area contributed by atoms with Crippen LogP contribution in [0.25, 0.3) is 0 Å². The number of hydrogen-bond acceptors (Lipinski definition) is 5. The highest BCUT2D eigenvalue weighted by atomic mass is 32.1. The van der Waals surface area contributed by atoms with E-state index in [9.17, 15) is 14.0 Å². The molecule has 31 heavy (non-hydrogen) atoms. The van der Waals surface area contributed by atoms with Gasteiger partial charge in [-0.2, -0.15) is 5.10 Å². The molecule has 1 saturated carbocycles. The van der Waals surface area contributed by atoms with Gasteiger partial charge in [-0.3, -0.25) is 9.59 Å². The van der Waals surface area contributed by atoms with E-state index in [2.05, 4.69) is 5.10 Å². The largest absolute Gasteiger partial charge is 0.383 e. The number of carbonyl (C=O) groups is 2. The molecule has 0 saturated heterocycles. The molecule has 1 aromatic heterocycles. The summed E-state index contributed by atoms with van der Waals surface area (Å²) in [6.07, 6.45) is 3.19. The van der Waals surface area contributed by atoms with Gasteiger partial charge >= 0.3 is 0 Å². The van der Waals surface area contributed by atoms with Crippen molar-refractivity contribution in [2.45, 2.75) is 31.7 Å². The molecule has 4 rings (SSSR count). The summed E-state index contributed by atoms with van der Waals surface area (Å²) in [4.78, 5) is 28.7. The van der Waals surface area contributed by atoms with Crippen LogP contribution in [-0.2, 0) is 14.3 Å². The van der Waals surface area contributed by atoms with Gasteiger partial charge in [-0.05, 0) is 30.4 Å². The number of hydrogen-bond donors (Lipinski definition) is 0. The van der Waals surface area contributed by atoms with Gasteiger partial charge in [0.25, 0.3) is 5.91 Å². The predicted octanol–water partition coefficient (Wildman–Crippen LogP) is 3.84. The van der Waals surface area contributed by atoms with Crippen molar-refractivity contribution in [3.8, 4) is 0 Å². The van der Waals surface area contributed by atoms with Crippen LogP contribution in [0.1, 0.15) is 42.2 Å². The number of thiophene rings is 1. The number of halogens is 1. The van der Waals surface area contributed by atoms with Gasteiger partial charge in [-0.1, -0.05) is 30.7 Å². The van der Waals surface area contributed by atoms with E-state index < -0.39 is 6.04 Å². The average Bonchev–Trinajstić information content (AvgIpc) is 3.39. The maximum Gasteiger partial charge on any atom is 0.262 e. The molecule has 1 atom stereocenters. The molecule has 1 aliphatic heterocycles. The maximum atomic E-state index is 14.6. The molecule has 2 amide bonds. The van der Waals surface area contributed by atoms with Gasteiger partial charge in [-0.25, -0.2) is 9.40 Å². The Morgan fingerprint density at radius 1 is 1.26 bits per heavy atom. The first-order valence-electron chi connectivity index (χ1n) is 10.5. The second kappa shape index (κ2) is 9.70. The maximum absolute atomic E-state index is 14.6. The molecular weight excluding hydrogens is 417 g/mol. The van der Waals surface area contributed by atoms with Crippen LogP contribution in [0.15, 0.2) is 46.9 Å². The van der Waals surface area contributed by atoms with Crippen LogP contribution >= 0.6 is 11.3 Å². The Labute approximate surface area is 185 Å². The van der Waals surface area contributed by atoms with Gasteiger partial charge < -0.3 is 9.64 Å². The molecule has 8 heteroatoms. The van der Waals surface area contributed by atoms with Gasteiger partial charge in [0.05, 0.1) is 23.2 Å². The summed E-state index contributed by atoms with van der Waals surface area (Å²) in [5.74, 6) is -0.713. The quantitative estimate of drug-likeness (QED) is 0.623. The third kappa shape index (κ3) is 4.70. The number of hydrazone groups is 1. The first kappa shape index (κ1) is 21.6. The van der Waals surface area contributed by atoms with Crippen LogP contribution in [0.2, 0.25) is 0 Å². The van der Waals surface area contributed by atoms with Crippen molar-refractivity contribution in [3.05, 3.63) is 58.0 Å². The predicted molar refractivity (Wildman–Crippen MR) is 117 cm³/mol. The van der Waals surface area contributed by atoms with Crippen LogP contribution < -0.4 is 0 Å². The Balaban J connectivity index is 1.58. The van der Waals surface area contributed by atoms with E-state index in [1.165, 1.54) is 22.4 Å². The number of carbonyl (C=O) groups excluding carboxylic acids is 2. The lowest BCUT2D eigenvalue weighted by Gasteiger charge is -2.32. The van der Waals surface area contributed by atoms with Crippen molar-refractivity contribution < 1.29 is 18.7 Å². The van der Waals surface area contributed by atoms with E-state index in [4.69, 9.17) is 4.74 Å². The zero-order valence-corrected chi connectivity index (χ0v) is 18.3. The minimum Gasteiger partial charge on any atom is -0.383 e. The highest BCUT2D eigenvalue weighted by Gasteiger charge is 2.37. The van der Waals surface area contributed by atoms with E-state index in [-0.39, 0.29) is 30.1 Å². The van der Waals surface area contributed by atoms with Crippen molar-refractivity contribution in [3.63, 3.8) is 0 Å². The van der Waals surface area contributed by atoms with Crippen LogP contribution in [0.3, 0.4) is 0 Å². The lowest BCUT2D eigenvalue weighted by Crippen LogP contribution is -2.46. The lowest BCUT2D eigenvalue weighted by atomic mass is 9.84. The summed E-state index contributed by atoms with van der Waals surface area (Å²) in [7, 11) is 1.57. The Bertz CT molecular complexity index is 959. The zero-order chi connectivity index (χ0) is 21.8. The molecule has 0 radical (unpaired) electrons. The normalized spacial score (nSPS) is 18.6. The van der Waals surface area contributed by atoms with Crippen molar-refractivity contribution in [1.29, 1.82) is 0 Å². The smallest absolute Gasteiger partial charge is 0.262 e. The number of rotatable bonds is 8. The van der Waals surface area contributed by atoms with E-state index in [1.54, 1.807) is 30.2 Å². The lowest BCUT2D eigenvalue weighted by molar-refractivity contribution is -0.146. The van der Waals surface area contributed by atoms with E-state index in [0.717, 1.165) is 29.9 Å². The third-order valence-electron chi connectivity index (χ3n) is 5.89. The van der Waals surface area contributed by atoms with Gasteiger partial charge in [0.2, 0.25) is 5.91 Å². The number of amides is 2. The number of benzene rings is 1. The zero-order valence-electron chi connectivity index (χ0n) is 17.5.